The van der Waals surface area contributed by atoms with Gasteiger partial charge >= 0.3 is 5.51 Å². The van der Waals surface area contributed by atoms with Gasteiger partial charge in [-0.2, -0.15) is 13.2 Å². The Morgan fingerprint density at radius 3 is 1.38 bits per heavy atom. The van der Waals surface area contributed by atoms with E-state index < -0.39 is 25.6 Å². The first-order valence-corrected chi connectivity index (χ1v) is 7.41. The molecule has 0 heterocycles. The second kappa shape index (κ2) is 6.40. The van der Waals surface area contributed by atoms with Crippen molar-refractivity contribution in [2.24, 2.45) is 0 Å². The van der Waals surface area contributed by atoms with Gasteiger partial charge in [-0.3, -0.25) is 0 Å². The van der Waals surface area contributed by atoms with Crippen LogP contribution in [0.1, 0.15) is 26.7 Å². The molecule has 0 amide bonds. The van der Waals surface area contributed by atoms with Crippen molar-refractivity contribution >= 4 is 20.0 Å². The van der Waals surface area contributed by atoms with Gasteiger partial charge in [0.1, 0.15) is 0 Å². The number of unbranched alkanes of at least 4 members (excludes halogenated alkanes) is 1. The van der Waals surface area contributed by atoms with Crippen LogP contribution in [-0.2, 0) is 20.0 Å². The van der Waals surface area contributed by atoms with Crippen molar-refractivity contribution in [3.05, 3.63) is 4.13 Å². The Labute approximate surface area is 93.1 Å². The molecule has 0 aliphatic heterocycles. The molecule has 0 aromatic carbocycles. The molecule has 0 saturated carbocycles. The summed E-state index contributed by atoms with van der Waals surface area (Å²) < 4.78 is 76.0. The van der Waals surface area contributed by atoms with Crippen LogP contribution in [0.2, 0.25) is 0 Å². The van der Waals surface area contributed by atoms with Crippen molar-refractivity contribution in [3.63, 3.8) is 0 Å². The van der Waals surface area contributed by atoms with Crippen LogP contribution < -0.4 is 0 Å². The van der Waals surface area contributed by atoms with E-state index in [0.717, 1.165) is 0 Å². The van der Waals surface area contributed by atoms with E-state index in [1.165, 1.54) is 12.8 Å². The molecule has 100 valence electrons. The van der Waals surface area contributed by atoms with Crippen molar-refractivity contribution < 1.29 is 30.0 Å². The van der Waals surface area contributed by atoms with Gasteiger partial charge < -0.3 is 4.13 Å². The van der Waals surface area contributed by atoms with E-state index >= 15 is 0 Å². The van der Waals surface area contributed by atoms with Crippen LogP contribution in [0.3, 0.4) is 0 Å². The average Bonchev–Trinajstić information content (AvgIpc) is 1.98. The lowest BCUT2D eigenvalue weighted by Gasteiger charge is -2.19. The Kier molecular flexibility index (Phi) is 7.21. The van der Waals surface area contributed by atoms with Crippen LogP contribution in [0.25, 0.3) is 4.13 Å². The summed E-state index contributed by atoms with van der Waals surface area (Å²) in [6.45, 7) is 4.36. The SMILES string of the molecule is CCCC.CS(=O)(=O)[N-]S(=O)(=O)C(F)(F)F. The molecule has 5 nitrogen and oxygen atoms in total. The summed E-state index contributed by atoms with van der Waals surface area (Å²) in [5, 5.41) is 0. The minimum atomic E-state index is -5.92. The molecule has 0 spiro atoms. The van der Waals surface area contributed by atoms with E-state index in [1.54, 1.807) is 4.13 Å². The smallest absolute Gasteiger partial charge is 0.429 e. The number of sulfonamides is 2. The van der Waals surface area contributed by atoms with Crippen molar-refractivity contribution in [2.75, 3.05) is 6.26 Å². The van der Waals surface area contributed by atoms with Crippen LogP contribution in [0, 0.1) is 0 Å². The molecular weight excluding hydrogens is 271 g/mol. The van der Waals surface area contributed by atoms with Gasteiger partial charge in [0.05, 0.1) is 10.0 Å². The van der Waals surface area contributed by atoms with E-state index in [1.807, 2.05) is 0 Å². The largest absolute Gasteiger partial charge is 0.480 e. The van der Waals surface area contributed by atoms with Gasteiger partial charge in [0, 0.05) is 6.26 Å². The van der Waals surface area contributed by atoms with Gasteiger partial charge in [-0.05, 0) is 0 Å². The van der Waals surface area contributed by atoms with Gasteiger partial charge in [-0.1, -0.05) is 26.7 Å². The quantitative estimate of drug-likeness (QED) is 0.793. The molecule has 0 rings (SSSR count). The van der Waals surface area contributed by atoms with Gasteiger partial charge in [0.25, 0.3) is 0 Å². The van der Waals surface area contributed by atoms with Crippen LogP contribution >= 0.6 is 0 Å². The Bertz CT molecular complexity index is 382. The Balaban J connectivity index is 0. The molecule has 0 aromatic heterocycles. The summed E-state index contributed by atoms with van der Waals surface area (Å²) in [5.41, 5.74) is -5.67. The Morgan fingerprint density at radius 2 is 1.31 bits per heavy atom. The maximum absolute atomic E-state index is 11.4. The summed E-state index contributed by atoms with van der Waals surface area (Å²) >= 11 is 0. The van der Waals surface area contributed by atoms with Crippen molar-refractivity contribution in [1.29, 1.82) is 0 Å². The number of hydrogen-bond acceptors (Lipinski definition) is 4. The number of rotatable bonds is 3. The van der Waals surface area contributed by atoms with E-state index in [4.69, 9.17) is 0 Å². The third kappa shape index (κ3) is 8.92. The van der Waals surface area contributed by atoms with Crippen LogP contribution in [-0.4, -0.2) is 28.6 Å². The number of halogens is 3. The molecule has 0 aliphatic carbocycles. The highest BCUT2D eigenvalue weighted by molar-refractivity contribution is 8.12. The van der Waals surface area contributed by atoms with E-state index in [9.17, 15) is 30.0 Å². The Hall–Kier alpha value is -0.350. The lowest BCUT2D eigenvalue weighted by Crippen LogP contribution is -2.23. The second-order valence-corrected chi connectivity index (χ2v) is 6.20. The zero-order valence-electron chi connectivity index (χ0n) is 8.94. The van der Waals surface area contributed by atoms with Gasteiger partial charge in [-0.25, -0.2) is 16.8 Å². The van der Waals surface area contributed by atoms with Gasteiger partial charge in [0.15, 0.2) is 10.0 Å². The highest BCUT2D eigenvalue weighted by atomic mass is 32.3. The monoisotopic (exact) mass is 284 g/mol. The van der Waals surface area contributed by atoms with Crippen LogP contribution in [0.5, 0.6) is 0 Å². The summed E-state index contributed by atoms with van der Waals surface area (Å²) in [4.78, 5) is 0. The molecule has 0 fully saturated rings. The van der Waals surface area contributed by atoms with Crippen LogP contribution in [0.15, 0.2) is 0 Å². The molecule has 10 heteroatoms. The summed E-state index contributed by atoms with van der Waals surface area (Å²) in [6, 6.07) is 0. The molecule has 0 aromatic rings. The van der Waals surface area contributed by atoms with E-state index in [-0.39, 0.29) is 6.26 Å². The minimum absolute atomic E-state index is 0.246. The summed E-state index contributed by atoms with van der Waals surface area (Å²) in [6.07, 6.45) is 2.89. The van der Waals surface area contributed by atoms with Gasteiger partial charge in [0.2, 0.25) is 0 Å². The molecule has 0 N–H and O–H groups in total. The molecule has 0 aliphatic rings. The average molecular weight is 284 g/mol. The summed E-state index contributed by atoms with van der Waals surface area (Å²) in [7, 11) is -10.5. The molecule has 0 radical (unpaired) electrons. The first kappa shape index (κ1) is 18.0. The Morgan fingerprint density at radius 1 is 1.00 bits per heavy atom. The summed E-state index contributed by atoms with van der Waals surface area (Å²) in [5.74, 6) is 0. The molecule has 0 unspecified atom stereocenters. The third-order valence-electron chi connectivity index (χ3n) is 1.03. The van der Waals surface area contributed by atoms with E-state index in [0.29, 0.717) is 0 Å². The number of alkyl halides is 3. The molecular formula is C6H13F3NO4S2-. The highest BCUT2D eigenvalue weighted by Crippen LogP contribution is 2.29. The lowest BCUT2D eigenvalue weighted by molar-refractivity contribution is -0.0425. The topological polar surface area (TPSA) is 82.4 Å². The predicted molar refractivity (Wildman–Crippen MR) is 53.8 cm³/mol. The van der Waals surface area contributed by atoms with Crippen molar-refractivity contribution in [1.82, 2.24) is 0 Å². The zero-order chi connectivity index (χ0) is 13.6. The fraction of sp³-hybridized carbons (Fsp3) is 1.00. The maximum Gasteiger partial charge on any atom is 0.480 e. The van der Waals surface area contributed by atoms with Gasteiger partial charge in [-0.15, -0.1) is 0 Å². The molecule has 0 saturated heterocycles. The fourth-order valence-electron chi connectivity index (χ4n) is 0.221. The van der Waals surface area contributed by atoms with Crippen molar-refractivity contribution in [2.45, 2.75) is 32.2 Å². The predicted octanol–water partition coefficient (Wildman–Crippen LogP) is 1.98. The molecule has 0 bridgehead atoms. The normalized spacial score (nSPS) is 12.9. The first-order chi connectivity index (χ1) is 6.87. The highest BCUT2D eigenvalue weighted by Gasteiger charge is 2.39. The van der Waals surface area contributed by atoms with Crippen LogP contribution in [0.4, 0.5) is 13.2 Å². The zero-order valence-corrected chi connectivity index (χ0v) is 10.6. The second-order valence-electron chi connectivity index (χ2n) is 2.73. The lowest BCUT2D eigenvalue weighted by atomic mass is 10.4. The van der Waals surface area contributed by atoms with Crippen molar-refractivity contribution in [3.8, 4) is 0 Å². The maximum atomic E-state index is 11.4. The minimum Gasteiger partial charge on any atom is -0.429 e. The van der Waals surface area contributed by atoms with E-state index in [2.05, 4.69) is 13.8 Å². The molecule has 0 atom stereocenters. The number of hydrogen-bond donors (Lipinski definition) is 0. The third-order valence-corrected chi connectivity index (χ3v) is 3.48. The molecule has 16 heavy (non-hydrogen) atoms. The number of nitrogens with zero attached hydrogens (tertiary/aromatic N) is 1. The first-order valence-electron chi connectivity index (χ1n) is 4.13. The fourth-order valence-corrected chi connectivity index (χ4v) is 1.98. The standard InChI is InChI=1S/C4H10.C2H3F3NO4S2/c1-3-4-2;1-11(7,8)6-12(9,10)2(3,4)5/h3-4H2,1-2H3;1H3/q;-1.